The van der Waals surface area contributed by atoms with E-state index in [4.69, 9.17) is 9.57 Å². The predicted octanol–water partition coefficient (Wildman–Crippen LogP) is 14.9. The first kappa shape index (κ1) is 46.0. The lowest BCUT2D eigenvalue weighted by Crippen LogP contribution is -2.20. The lowest BCUT2D eigenvalue weighted by Gasteiger charge is -2.23. The quantitative estimate of drug-likeness (QED) is 0.0233. The molecule has 0 heterocycles. The molecule has 0 radical (unpaired) electrons. The van der Waals surface area contributed by atoms with E-state index in [0.29, 0.717) is 24.5 Å². The summed E-state index contributed by atoms with van der Waals surface area (Å²) in [5, 5.41) is 4.32. The molecule has 0 saturated heterocycles. The minimum Gasteiger partial charge on any atom is -0.427 e. The Kier molecular flexibility index (Phi) is 28.5. The summed E-state index contributed by atoms with van der Waals surface area (Å²) < 4.78 is 5.72. The highest BCUT2D eigenvalue weighted by molar-refractivity contribution is 6.03. The van der Waals surface area contributed by atoms with Crippen LogP contribution in [0.2, 0.25) is 0 Å². The van der Waals surface area contributed by atoms with Gasteiger partial charge in [-0.25, -0.2) is 4.79 Å². The van der Waals surface area contributed by atoms with Gasteiger partial charge in [-0.05, 0) is 55.4 Å². The zero-order chi connectivity index (χ0) is 37.3. The first-order valence-electron chi connectivity index (χ1n) is 22.6. The topological polar surface area (TPSA) is 65.0 Å². The molecule has 0 fully saturated rings. The van der Waals surface area contributed by atoms with Crippen LogP contribution in [0.5, 0.6) is 5.75 Å². The fourth-order valence-corrected chi connectivity index (χ4v) is 7.67. The molecule has 1 aliphatic rings. The molecule has 1 aromatic carbocycles. The van der Waals surface area contributed by atoms with Crippen LogP contribution in [0.15, 0.2) is 23.4 Å². The molecule has 0 aliphatic heterocycles. The third-order valence-electron chi connectivity index (χ3n) is 11.0. The number of benzene rings is 1. The highest BCUT2D eigenvalue weighted by atomic mass is 16.7. The molecule has 0 amide bonds. The second-order valence-corrected chi connectivity index (χ2v) is 16.2. The van der Waals surface area contributed by atoms with Crippen LogP contribution in [0.1, 0.15) is 244 Å². The zero-order valence-electron chi connectivity index (χ0n) is 34.4. The fourth-order valence-electron chi connectivity index (χ4n) is 7.67. The van der Waals surface area contributed by atoms with E-state index in [1.807, 2.05) is 18.2 Å². The lowest BCUT2D eigenvalue weighted by atomic mass is 9.83. The molecule has 52 heavy (non-hydrogen) atoms. The molecule has 5 nitrogen and oxygen atoms in total. The molecular weight excluding hydrogens is 643 g/mol. The Balaban J connectivity index is 1.52. The van der Waals surface area contributed by atoms with E-state index < -0.39 is 0 Å². The molecule has 0 spiro atoms. The number of rotatable bonds is 34. The van der Waals surface area contributed by atoms with Crippen molar-refractivity contribution in [1.82, 2.24) is 0 Å². The van der Waals surface area contributed by atoms with Crippen LogP contribution in [0.3, 0.4) is 0 Å². The Labute approximate surface area is 321 Å². The van der Waals surface area contributed by atoms with E-state index in [1.54, 1.807) is 0 Å². The number of nitrogens with zero attached hydrogens (tertiary/aromatic N) is 1. The number of unbranched alkanes of at least 4 members (excludes halogenated alkanes) is 28. The van der Waals surface area contributed by atoms with Gasteiger partial charge in [-0.2, -0.15) is 0 Å². The average molecular weight is 724 g/mol. The van der Waals surface area contributed by atoms with E-state index in [0.717, 1.165) is 55.4 Å². The number of carbonyl (C=O) groups excluding carboxylic acids is 2. The standard InChI is InChI=1S/C47H81NO4/c1-4-6-8-10-12-14-16-18-20-22-24-26-28-30-32-34-46(49)51-43-36-37-44-42(40-43)38-41(3)39-45(44)48-52-47(50)35-33-31-29-27-25-23-21-19-17-15-13-11-9-7-5-2/h36-37,40-41H,4-35,38-39H2,1-3H3. The fraction of sp³-hybridized carbons (Fsp3) is 0.809. The van der Waals surface area contributed by atoms with Crippen molar-refractivity contribution >= 4 is 17.7 Å². The second-order valence-electron chi connectivity index (χ2n) is 16.2. The summed E-state index contributed by atoms with van der Waals surface area (Å²) in [5.74, 6) is 0.585. The third kappa shape index (κ3) is 24.2. The monoisotopic (exact) mass is 724 g/mol. The van der Waals surface area contributed by atoms with Crippen LogP contribution in [-0.2, 0) is 20.8 Å². The summed E-state index contributed by atoms with van der Waals surface area (Å²) in [6.45, 7) is 6.74. The van der Waals surface area contributed by atoms with Gasteiger partial charge in [0.25, 0.3) is 0 Å². The van der Waals surface area contributed by atoms with Gasteiger partial charge >= 0.3 is 11.9 Å². The molecule has 1 unspecified atom stereocenters. The van der Waals surface area contributed by atoms with Crippen LogP contribution in [0.4, 0.5) is 0 Å². The van der Waals surface area contributed by atoms with Gasteiger partial charge in [0.1, 0.15) is 5.75 Å². The van der Waals surface area contributed by atoms with Crippen molar-refractivity contribution in [3.8, 4) is 5.75 Å². The molecule has 0 aromatic heterocycles. The molecule has 1 atom stereocenters. The maximum absolute atomic E-state index is 12.6. The van der Waals surface area contributed by atoms with Crippen molar-refractivity contribution in [3.05, 3.63) is 29.3 Å². The van der Waals surface area contributed by atoms with E-state index >= 15 is 0 Å². The highest BCUT2D eigenvalue weighted by Gasteiger charge is 2.23. The van der Waals surface area contributed by atoms with Crippen LogP contribution in [0, 0.1) is 5.92 Å². The van der Waals surface area contributed by atoms with Gasteiger partial charge in [-0.1, -0.05) is 206 Å². The van der Waals surface area contributed by atoms with E-state index in [9.17, 15) is 9.59 Å². The Bertz CT molecular complexity index is 1070. The van der Waals surface area contributed by atoms with Crippen molar-refractivity contribution in [2.75, 3.05) is 0 Å². The number of oxime groups is 1. The summed E-state index contributed by atoms with van der Waals surface area (Å²) >= 11 is 0. The van der Waals surface area contributed by atoms with E-state index in [-0.39, 0.29) is 11.9 Å². The number of esters is 1. The summed E-state index contributed by atoms with van der Waals surface area (Å²) in [4.78, 5) is 30.4. The molecule has 0 bridgehead atoms. The number of fused-ring (bicyclic) bond motifs is 1. The van der Waals surface area contributed by atoms with Crippen LogP contribution in [0.25, 0.3) is 0 Å². The minimum absolute atomic E-state index is 0.153. The summed E-state index contributed by atoms with van der Waals surface area (Å²) in [6.07, 6.45) is 41.8. The van der Waals surface area contributed by atoms with E-state index in [2.05, 4.69) is 25.9 Å². The normalized spacial score (nSPS) is 14.8. The highest BCUT2D eigenvalue weighted by Crippen LogP contribution is 2.30. The van der Waals surface area contributed by atoms with Gasteiger partial charge in [-0.3, -0.25) is 4.79 Å². The van der Waals surface area contributed by atoms with Crippen LogP contribution < -0.4 is 4.74 Å². The average Bonchev–Trinajstić information content (AvgIpc) is 3.13. The molecule has 1 aliphatic carbocycles. The smallest absolute Gasteiger partial charge is 0.335 e. The van der Waals surface area contributed by atoms with Crippen molar-refractivity contribution < 1.29 is 19.2 Å². The number of hydrogen-bond acceptors (Lipinski definition) is 5. The molecule has 5 heteroatoms. The first-order chi connectivity index (χ1) is 25.5. The molecule has 2 rings (SSSR count). The van der Waals surface area contributed by atoms with Crippen LogP contribution >= 0.6 is 0 Å². The third-order valence-corrected chi connectivity index (χ3v) is 11.0. The van der Waals surface area contributed by atoms with Crippen molar-refractivity contribution in [3.63, 3.8) is 0 Å². The van der Waals surface area contributed by atoms with E-state index in [1.165, 1.54) is 167 Å². The maximum atomic E-state index is 12.6. The summed E-state index contributed by atoms with van der Waals surface area (Å²) in [7, 11) is 0. The Morgan fingerprint density at radius 1 is 0.538 bits per heavy atom. The Morgan fingerprint density at radius 2 is 0.923 bits per heavy atom. The minimum atomic E-state index is -0.244. The Hall–Kier alpha value is -2.17. The zero-order valence-corrected chi connectivity index (χ0v) is 34.4. The largest absolute Gasteiger partial charge is 0.427 e. The number of carbonyl (C=O) groups is 2. The van der Waals surface area contributed by atoms with Gasteiger partial charge in [0.15, 0.2) is 0 Å². The lowest BCUT2D eigenvalue weighted by molar-refractivity contribution is -0.143. The van der Waals surface area contributed by atoms with Gasteiger partial charge in [0, 0.05) is 18.4 Å². The van der Waals surface area contributed by atoms with Crippen LogP contribution in [-0.4, -0.2) is 17.7 Å². The second kappa shape index (κ2) is 32.3. The van der Waals surface area contributed by atoms with Crippen molar-refractivity contribution in [2.24, 2.45) is 11.1 Å². The number of hydrogen-bond donors (Lipinski definition) is 0. The van der Waals surface area contributed by atoms with Crippen molar-refractivity contribution in [2.45, 2.75) is 239 Å². The van der Waals surface area contributed by atoms with Gasteiger partial charge in [-0.15, -0.1) is 0 Å². The van der Waals surface area contributed by atoms with Gasteiger partial charge < -0.3 is 9.57 Å². The Morgan fingerprint density at radius 3 is 1.35 bits per heavy atom. The molecular formula is C47H81NO4. The summed E-state index contributed by atoms with van der Waals surface area (Å²) in [5.41, 5.74) is 2.92. The SMILES string of the molecule is CCCCCCCCCCCCCCCCCC(=O)ON=C1CC(C)Cc2cc(OC(=O)CCCCCCCCCCCCCCCCC)ccc21. The first-order valence-corrected chi connectivity index (χ1v) is 22.6. The molecule has 1 aromatic rings. The number of ether oxygens (including phenoxy) is 1. The molecule has 0 saturated carbocycles. The van der Waals surface area contributed by atoms with Gasteiger partial charge in [0.05, 0.1) is 5.71 Å². The summed E-state index contributed by atoms with van der Waals surface area (Å²) in [6, 6.07) is 5.80. The predicted molar refractivity (Wildman–Crippen MR) is 221 cm³/mol. The van der Waals surface area contributed by atoms with Gasteiger partial charge in [0.2, 0.25) is 0 Å². The molecule has 298 valence electrons. The molecule has 0 N–H and O–H groups in total. The maximum Gasteiger partial charge on any atom is 0.335 e. The van der Waals surface area contributed by atoms with Crippen molar-refractivity contribution in [1.29, 1.82) is 0 Å².